The second-order valence-electron chi connectivity index (χ2n) is 2.52. The molecule has 2 nitrogen and oxygen atoms in total. The van der Waals surface area contributed by atoms with Gasteiger partial charge in [-0.2, -0.15) is 0 Å². The first-order chi connectivity index (χ1) is 5.72. The van der Waals surface area contributed by atoms with E-state index in [1.165, 1.54) is 0 Å². The third-order valence-corrected chi connectivity index (χ3v) is 2.97. The molecular weight excluding hydrogens is 192 g/mol. The summed E-state index contributed by atoms with van der Waals surface area (Å²) in [6.07, 6.45) is 1.77. The molecular formula is C8H11ClN2S. The molecule has 1 aromatic heterocycles. The van der Waals surface area contributed by atoms with Crippen LogP contribution in [0.1, 0.15) is 12.7 Å². The molecule has 0 N–H and O–H groups in total. The minimum absolute atomic E-state index is 0.404. The van der Waals surface area contributed by atoms with Crippen LogP contribution in [0.25, 0.3) is 0 Å². The Bertz CT molecular complexity index is 255. The lowest BCUT2D eigenvalue weighted by molar-refractivity contribution is 0.960. The zero-order valence-electron chi connectivity index (χ0n) is 7.12. The van der Waals surface area contributed by atoms with E-state index in [4.69, 9.17) is 11.6 Å². The minimum atomic E-state index is 0.404. The highest BCUT2D eigenvalue weighted by Gasteiger charge is 2.03. The minimum Gasteiger partial charge on any atom is -0.242 e. The van der Waals surface area contributed by atoms with Crippen LogP contribution in [0.15, 0.2) is 17.3 Å². The molecule has 0 bridgehead atoms. The Morgan fingerprint density at radius 1 is 1.67 bits per heavy atom. The third-order valence-electron chi connectivity index (χ3n) is 1.29. The fourth-order valence-corrected chi connectivity index (χ4v) is 1.73. The van der Waals surface area contributed by atoms with Gasteiger partial charge in [0.2, 0.25) is 0 Å². The number of aromatic nitrogens is 2. The topological polar surface area (TPSA) is 25.8 Å². The zero-order chi connectivity index (χ0) is 8.97. The Morgan fingerprint density at radius 2 is 2.42 bits per heavy atom. The van der Waals surface area contributed by atoms with Gasteiger partial charge >= 0.3 is 0 Å². The SMILES string of the molecule is Cc1nccc(SC(C)CCl)n1. The summed E-state index contributed by atoms with van der Waals surface area (Å²) in [7, 11) is 0. The summed E-state index contributed by atoms with van der Waals surface area (Å²) in [6, 6.07) is 1.90. The summed E-state index contributed by atoms with van der Waals surface area (Å²) in [6.45, 7) is 3.96. The van der Waals surface area contributed by atoms with Crippen LogP contribution in [0, 0.1) is 6.92 Å². The molecule has 1 aromatic rings. The Kier molecular flexibility index (Phi) is 3.82. The highest BCUT2D eigenvalue weighted by Crippen LogP contribution is 2.20. The van der Waals surface area contributed by atoms with Crippen molar-refractivity contribution in [3.05, 3.63) is 18.1 Å². The van der Waals surface area contributed by atoms with E-state index >= 15 is 0 Å². The summed E-state index contributed by atoms with van der Waals surface area (Å²) in [4.78, 5) is 8.27. The lowest BCUT2D eigenvalue weighted by Crippen LogP contribution is -1.98. The van der Waals surface area contributed by atoms with Gasteiger partial charge in [0.05, 0.1) is 5.03 Å². The van der Waals surface area contributed by atoms with Crippen LogP contribution in [-0.2, 0) is 0 Å². The van der Waals surface area contributed by atoms with Gasteiger partial charge in [-0.15, -0.1) is 23.4 Å². The number of hydrogen-bond acceptors (Lipinski definition) is 3. The molecule has 0 saturated heterocycles. The van der Waals surface area contributed by atoms with E-state index < -0.39 is 0 Å². The molecule has 1 rings (SSSR count). The molecule has 0 aliphatic rings. The summed E-state index contributed by atoms with van der Waals surface area (Å²) in [5.74, 6) is 1.45. The lowest BCUT2D eigenvalue weighted by atomic mass is 10.6. The van der Waals surface area contributed by atoms with Crippen LogP contribution in [0.5, 0.6) is 0 Å². The standard InChI is InChI=1S/C8H11ClN2S/c1-6(5-9)12-8-3-4-10-7(2)11-8/h3-4,6H,5H2,1-2H3. The van der Waals surface area contributed by atoms with E-state index in [2.05, 4.69) is 16.9 Å². The third kappa shape index (κ3) is 2.99. The van der Waals surface area contributed by atoms with E-state index in [0.29, 0.717) is 11.1 Å². The molecule has 4 heteroatoms. The maximum Gasteiger partial charge on any atom is 0.126 e. The van der Waals surface area contributed by atoms with Crippen LogP contribution < -0.4 is 0 Å². The van der Waals surface area contributed by atoms with Gasteiger partial charge in [0.25, 0.3) is 0 Å². The number of hydrogen-bond donors (Lipinski definition) is 0. The molecule has 0 aliphatic heterocycles. The van der Waals surface area contributed by atoms with Gasteiger partial charge in [-0.3, -0.25) is 0 Å². The number of aryl methyl sites for hydroxylation is 1. The highest BCUT2D eigenvalue weighted by atomic mass is 35.5. The quantitative estimate of drug-likeness (QED) is 0.428. The molecule has 0 spiro atoms. The van der Waals surface area contributed by atoms with Crippen LogP contribution in [0.4, 0.5) is 0 Å². The monoisotopic (exact) mass is 202 g/mol. The van der Waals surface area contributed by atoms with Crippen molar-refractivity contribution in [3.8, 4) is 0 Å². The first-order valence-corrected chi connectivity index (χ1v) is 5.16. The zero-order valence-corrected chi connectivity index (χ0v) is 8.69. The van der Waals surface area contributed by atoms with Gasteiger partial charge in [0, 0.05) is 17.3 Å². The van der Waals surface area contributed by atoms with Crippen molar-refractivity contribution >= 4 is 23.4 Å². The Hall–Kier alpha value is -0.280. The van der Waals surface area contributed by atoms with E-state index in [1.807, 2.05) is 13.0 Å². The Balaban J connectivity index is 2.63. The molecule has 0 amide bonds. The van der Waals surface area contributed by atoms with E-state index in [9.17, 15) is 0 Å². The number of alkyl halides is 1. The largest absolute Gasteiger partial charge is 0.242 e. The van der Waals surface area contributed by atoms with Gasteiger partial charge < -0.3 is 0 Å². The highest BCUT2D eigenvalue weighted by molar-refractivity contribution is 7.99. The van der Waals surface area contributed by atoms with Gasteiger partial charge in [-0.05, 0) is 13.0 Å². The van der Waals surface area contributed by atoms with E-state index in [0.717, 1.165) is 10.9 Å². The average molecular weight is 203 g/mol. The van der Waals surface area contributed by atoms with Crippen molar-refractivity contribution in [2.45, 2.75) is 24.1 Å². The second kappa shape index (κ2) is 4.67. The van der Waals surface area contributed by atoms with Crippen molar-refractivity contribution in [1.82, 2.24) is 9.97 Å². The first kappa shape index (κ1) is 9.81. The Labute approximate surface area is 81.8 Å². The van der Waals surface area contributed by atoms with Crippen molar-refractivity contribution in [2.75, 3.05) is 5.88 Å². The van der Waals surface area contributed by atoms with Crippen molar-refractivity contribution in [3.63, 3.8) is 0 Å². The van der Waals surface area contributed by atoms with Gasteiger partial charge in [-0.25, -0.2) is 9.97 Å². The van der Waals surface area contributed by atoms with E-state index in [1.54, 1.807) is 18.0 Å². The molecule has 0 aromatic carbocycles. The number of thioether (sulfide) groups is 1. The van der Waals surface area contributed by atoms with Crippen molar-refractivity contribution in [1.29, 1.82) is 0 Å². The van der Waals surface area contributed by atoms with Crippen LogP contribution >= 0.6 is 23.4 Å². The van der Waals surface area contributed by atoms with Crippen LogP contribution in [-0.4, -0.2) is 21.1 Å². The van der Waals surface area contributed by atoms with Gasteiger partial charge in [0.15, 0.2) is 0 Å². The summed E-state index contributed by atoms with van der Waals surface area (Å²) in [5, 5.41) is 1.40. The molecule has 0 radical (unpaired) electrons. The summed E-state index contributed by atoms with van der Waals surface area (Å²) >= 11 is 7.35. The molecule has 66 valence electrons. The maximum atomic E-state index is 5.68. The molecule has 0 aliphatic carbocycles. The van der Waals surface area contributed by atoms with Crippen LogP contribution in [0.2, 0.25) is 0 Å². The fraction of sp³-hybridized carbons (Fsp3) is 0.500. The molecule has 0 fully saturated rings. The predicted molar refractivity (Wildman–Crippen MR) is 52.8 cm³/mol. The molecule has 1 atom stereocenters. The summed E-state index contributed by atoms with van der Waals surface area (Å²) < 4.78 is 0. The summed E-state index contributed by atoms with van der Waals surface area (Å²) in [5.41, 5.74) is 0. The van der Waals surface area contributed by atoms with Crippen LogP contribution in [0.3, 0.4) is 0 Å². The molecule has 1 unspecified atom stereocenters. The molecule has 12 heavy (non-hydrogen) atoms. The normalized spacial score (nSPS) is 12.9. The molecule has 1 heterocycles. The fourth-order valence-electron chi connectivity index (χ4n) is 0.738. The molecule has 0 saturated carbocycles. The number of rotatable bonds is 3. The lowest BCUT2D eigenvalue weighted by Gasteiger charge is -2.05. The average Bonchev–Trinajstić information content (AvgIpc) is 2.04. The second-order valence-corrected chi connectivity index (χ2v) is 4.29. The number of halogens is 1. The van der Waals surface area contributed by atoms with E-state index in [-0.39, 0.29) is 0 Å². The smallest absolute Gasteiger partial charge is 0.126 e. The Morgan fingerprint density at radius 3 is 3.00 bits per heavy atom. The van der Waals surface area contributed by atoms with Crippen molar-refractivity contribution < 1.29 is 0 Å². The number of nitrogens with zero attached hydrogens (tertiary/aromatic N) is 2. The predicted octanol–water partition coefficient (Wildman–Crippen LogP) is 2.50. The van der Waals surface area contributed by atoms with Gasteiger partial charge in [0.1, 0.15) is 5.82 Å². The first-order valence-electron chi connectivity index (χ1n) is 3.74. The van der Waals surface area contributed by atoms with Gasteiger partial charge in [-0.1, -0.05) is 6.92 Å². The van der Waals surface area contributed by atoms with Crippen molar-refractivity contribution in [2.24, 2.45) is 0 Å². The maximum absolute atomic E-state index is 5.68.